The van der Waals surface area contributed by atoms with E-state index in [9.17, 15) is 15.0 Å². The smallest absolute Gasteiger partial charge is 0.335 e. The summed E-state index contributed by atoms with van der Waals surface area (Å²) in [5.74, 6) is -1.01. The molecule has 3 rings (SSSR count). The summed E-state index contributed by atoms with van der Waals surface area (Å²) in [6.07, 6.45) is -2.71. The first-order valence-electron chi connectivity index (χ1n) is 10.9. The molecule has 150 valence electrons. The minimum absolute atomic E-state index is 0.0542. The number of halogens is 1. The maximum absolute atomic E-state index is 11.2. The van der Waals surface area contributed by atoms with E-state index in [1.165, 1.54) is 24.3 Å². The van der Waals surface area contributed by atoms with Crippen LogP contribution in [0.15, 0.2) is 72.8 Å². The van der Waals surface area contributed by atoms with Gasteiger partial charge in [-0.3, -0.25) is 0 Å². The second-order valence-electron chi connectivity index (χ2n) is 6.25. The highest BCUT2D eigenvalue weighted by atomic mass is 35.5. The fourth-order valence-corrected chi connectivity index (χ4v) is 2.92. The van der Waals surface area contributed by atoms with Crippen LogP contribution in [0.2, 0.25) is 6.43 Å². The molecule has 0 heterocycles. The van der Waals surface area contributed by atoms with Gasteiger partial charge in [-0.15, -0.1) is 0 Å². The predicted molar refractivity (Wildman–Crippen MR) is 117 cm³/mol. The van der Waals surface area contributed by atoms with Gasteiger partial charge < -0.3 is 20.8 Å². The first kappa shape index (κ1) is 16.0. The van der Waals surface area contributed by atoms with Gasteiger partial charge in [-0.1, -0.05) is 48.0 Å². The Hall–Kier alpha value is -2.86. The molecule has 6 heteroatoms. The lowest BCUT2D eigenvalue weighted by Gasteiger charge is -2.13. The number of carbonyl (C=O) groups is 1. The fourth-order valence-electron chi connectivity index (χ4n) is 2.73. The second-order valence-corrected chi connectivity index (χ2v) is 6.68. The third kappa shape index (κ3) is 6.06. The molecule has 3 aromatic rings. The van der Waals surface area contributed by atoms with Gasteiger partial charge in [0.15, 0.2) is 0 Å². The van der Waals surface area contributed by atoms with E-state index in [0.29, 0.717) is 11.0 Å². The Kier molecular flexibility index (Phi) is 5.55. The molecule has 0 radical (unpaired) electrons. The minimum atomic E-state index is -2.72. The highest BCUT2D eigenvalue weighted by Gasteiger charge is 2.07. The van der Waals surface area contributed by atoms with E-state index in [0.717, 1.165) is 11.1 Å². The Bertz CT molecular complexity index is 1140. The molecule has 0 aliphatic heterocycles. The number of nitrogens with one attached hydrogen (secondary N) is 2. The van der Waals surface area contributed by atoms with Crippen molar-refractivity contribution in [2.75, 3.05) is 24.9 Å². The molecule has 0 saturated heterocycles. The molecule has 0 saturated carbocycles. The van der Waals surface area contributed by atoms with Crippen LogP contribution in [0.1, 0.15) is 26.1 Å². The van der Waals surface area contributed by atoms with Crippen LogP contribution in [0.5, 0.6) is 0 Å². The Morgan fingerprint density at radius 3 is 2.55 bits per heavy atom. The molecule has 0 amide bonds. The van der Waals surface area contributed by atoms with Crippen molar-refractivity contribution in [3.8, 4) is 11.1 Å². The Morgan fingerprint density at radius 2 is 1.79 bits per heavy atom. The number of rotatable bonds is 9. The number of hydrogen-bond donors (Lipinski definition) is 4. The third-order valence-corrected chi connectivity index (χ3v) is 4.38. The van der Waals surface area contributed by atoms with Gasteiger partial charge >= 0.3 is 5.97 Å². The third-order valence-electron chi connectivity index (χ3n) is 4.14. The van der Waals surface area contributed by atoms with Crippen LogP contribution in [0, 0.1) is 0 Å². The zero-order valence-corrected chi connectivity index (χ0v) is 16.2. The Morgan fingerprint density at radius 1 is 1.07 bits per heavy atom. The van der Waals surface area contributed by atoms with Crippen LogP contribution >= 0.6 is 11.6 Å². The van der Waals surface area contributed by atoms with Crippen LogP contribution in [0.3, 0.4) is 0 Å². The highest BCUT2D eigenvalue weighted by Crippen LogP contribution is 2.23. The largest absolute Gasteiger partial charge is 0.478 e. The average molecular weight is 415 g/mol. The van der Waals surface area contributed by atoms with Gasteiger partial charge in [0.05, 0.1) is 13.0 Å². The van der Waals surface area contributed by atoms with Gasteiger partial charge in [-0.2, -0.15) is 0 Å². The quantitative estimate of drug-likeness (QED) is 0.416. The second kappa shape index (κ2) is 10.1. The van der Waals surface area contributed by atoms with Crippen molar-refractivity contribution < 1.29 is 20.5 Å². The molecular formula is C23H23ClN2O3. The normalized spacial score (nSPS) is 15.6. The van der Waals surface area contributed by atoms with Crippen molar-refractivity contribution in [2.24, 2.45) is 0 Å². The van der Waals surface area contributed by atoms with Crippen molar-refractivity contribution in [3.05, 3.63) is 88.9 Å². The van der Waals surface area contributed by atoms with Gasteiger partial charge in [0.25, 0.3) is 0 Å². The van der Waals surface area contributed by atoms with Crippen LogP contribution in [0.25, 0.3) is 11.1 Å². The predicted octanol–water partition coefficient (Wildman–Crippen LogP) is 4.44. The summed E-state index contributed by atoms with van der Waals surface area (Å²) in [6.45, 7) is -2.70. The summed E-state index contributed by atoms with van der Waals surface area (Å²) >= 11 is 5.90. The van der Waals surface area contributed by atoms with Crippen molar-refractivity contribution in [1.82, 2.24) is 5.31 Å². The van der Waals surface area contributed by atoms with Crippen molar-refractivity contribution in [3.63, 3.8) is 0 Å². The van der Waals surface area contributed by atoms with Crippen molar-refractivity contribution in [1.29, 1.82) is 0 Å². The van der Waals surface area contributed by atoms with E-state index in [2.05, 4.69) is 5.32 Å². The number of anilines is 1. The molecular weight excluding hydrogens is 388 g/mol. The summed E-state index contributed by atoms with van der Waals surface area (Å²) in [7, 11) is 0. The first-order chi connectivity index (χ1) is 15.5. The van der Waals surface area contributed by atoms with Gasteiger partial charge in [-0.05, 0) is 53.1 Å². The number of hydrogen-bond acceptors (Lipinski definition) is 4. The fraction of sp³-hybridized carbons (Fsp3) is 0.174. The molecule has 0 fully saturated rings. The molecule has 0 aliphatic rings. The lowest BCUT2D eigenvalue weighted by Crippen LogP contribution is -2.26. The van der Waals surface area contributed by atoms with Gasteiger partial charge in [0.1, 0.15) is 1.41 Å². The van der Waals surface area contributed by atoms with Gasteiger partial charge in [0, 0.05) is 33.0 Å². The number of aromatic carboxylic acids is 1. The number of benzene rings is 3. The molecule has 0 aliphatic carbocycles. The maximum Gasteiger partial charge on any atom is 0.335 e. The van der Waals surface area contributed by atoms with Crippen LogP contribution < -0.4 is 10.6 Å². The summed E-state index contributed by atoms with van der Waals surface area (Å²) in [6, 6.07) is 19.5. The average Bonchev–Trinajstić information content (AvgIpc) is 2.79. The van der Waals surface area contributed by atoms with E-state index in [-0.39, 0.29) is 29.2 Å². The zero-order valence-electron chi connectivity index (χ0n) is 19.5. The monoisotopic (exact) mass is 414 g/mol. The lowest BCUT2D eigenvalue weighted by atomic mass is 10.0. The molecule has 3 aromatic carbocycles. The van der Waals surface area contributed by atoms with E-state index in [1.807, 2.05) is 12.1 Å². The van der Waals surface area contributed by atoms with Crippen molar-refractivity contribution >= 4 is 23.3 Å². The van der Waals surface area contributed by atoms with E-state index in [4.69, 9.17) is 17.1 Å². The molecule has 0 bridgehead atoms. The number of aliphatic hydroxyl groups is 1. The number of carboxylic acid groups (broad SMARTS) is 1. The van der Waals surface area contributed by atoms with Crippen LogP contribution in [-0.4, -0.2) is 35.8 Å². The Balaban J connectivity index is 1.67. The van der Waals surface area contributed by atoms with Gasteiger partial charge in [0.2, 0.25) is 0 Å². The standard InChI is InChI=1S/C23H23ClN2O3/c24-20-8-2-6-18(13-20)22(27)15-25-10-11-26-21-9-3-5-17(14-21)16-4-1-7-19(12-16)23(28)29/h1-9,12-14,22,25-27H,10-11,15H2,(H,28,29)/t22-/m0/s1/i15D2,22D/hD. The lowest BCUT2D eigenvalue weighted by molar-refractivity contribution is 0.0697. The highest BCUT2D eigenvalue weighted by molar-refractivity contribution is 6.30. The van der Waals surface area contributed by atoms with E-state index >= 15 is 0 Å². The molecule has 5 nitrogen and oxygen atoms in total. The zero-order chi connectivity index (χ0) is 24.2. The molecule has 4 N–H and O–H groups in total. The molecule has 0 aromatic heterocycles. The summed E-state index contributed by atoms with van der Waals surface area (Å²) < 4.78 is 32.6. The van der Waals surface area contributed by atoms with Crippen LogP contribution in [0.4, 0.5) is 5.69 Å². The Labute approximate surface area is 180 Å². The number of carboxylic acids is 1. The first-order valence-corrected chi connectivity index (χ1v) is 9.33. The molecule has 0 unspecified atom stereocenters. The molecule has 29 heavy (non-hydrogen) atoms. The van der Waals surface area contributed by atoms with E-state index in [1.54, 1.807) is 36.4 Å². The topological polar surface area (TPSA) is 81.6 Å². The molecule has 0 spiro atoms. The van der Waals surface area contributed by atoms with E-state index < -0.39 is 18.5 Å². The SMILES string of the molecule is [2H]N(CCNc1cccc(-c2cccc(C(=O)O)c2)c1)C([2H])([2H])[C@]([2H])(O)c1cccc(Cl)c1. The van der Waals surface area contributed by atoms with Gasteiger partial charge in [-0.25, -0.2) is 4.79 Å². The maximum atomic E-state index is 11.2. The summed E-state index contributed by atoms with van der Waals surface area (Å²) in [4.78, 5) is 11.2. The van der Waals surface area contributed by atoms with Crippen LogP contribution in [-0.2, 0) is 0 Å². The van der Waals surface area contributed by atoms with Crippen molar-refractivity contribution in [2.45, 2.75) is 6.08 Å². The summed E-state index contributed by atoms with van der Waals surface area (Å²) in [5.41, 5.74) is 2.35. The molecule has 1 atom stereocenters. The minimum Gasteiger partial charge on any atom is -0.478 e. The summed E-state index contributed by atoms with van der Waals surface area (Å²) in [5, 5.41) is 23.6.